The summed E-state index contributed by atoms with van der Waals surface area (Å²) in [4.78, 5) is 3.26. The minimum absolute atomic E-state index is 0. The first kappa shape index (κ1) is 13.9. The van der Waals surface area contributed by atoms with Crippen molar-refractivity contribution in [1.82, 2.24) is 4.98 Å². The Kier molecular flexibility index (Phi) is 4.86. The SMILES string of the molecule is C1=CC(Cc2ccc[nH]2)c2ccccc21.Cl.Cl. The van der Waals surface area contributed by atoms with Crippen LogP contribution in [0.15, 0.2) is 48.7 Å². The minimum atomic E-state index is 0. The third-order valence-electron chi connectivity index (χ3n) is 3.01. The summed E-state index contributed by atoms with van der Waals surface area (Å²) in [6.07, 6.45) is 7.58. The summed E-state index contributed by atoms with van der Waals surface area (Å²) in [5.74, 6) is 0.542. The lowest BCUT2D eigenvalue weighted by molar-refractivity contribution is 0.828. The first-order valence-electron chi connectivity index (χ1n) is 5.33. The molecule has 90 valence electrons. The van der Waals surface area contributed by atoms with E-state index in [-0.39, 0.29) is 24.8 Å². The smallest absolute Gasteiger partial charge is 0.0156 e. The molecule has 1 aliphatic carbocycles. The van der Waals surface area contributed by atoms with Crippen LogP contribution in [0.2, 0.25) is 0 Å². The van der Waals surface area contributed by atoms with E-state index in [9.17, 15) is 0 Å². The predicted octanol–water partition coefficient (Wildman–Crippen LogP) is 4.21. The van der Waals surface area contributed by atoms with Gasteiger partial charge >= 0.3 is 0 Å². The molecule has 0 saturated carbocycles. The largest absolute Gasteiger partial charge is 0.365 e. The van der Waals surface area contributed by atoms with E-state index in [0.29, 0.717) is 5.92 Å². The van der Waals surface area contributed by atoms with Crippen molar-refractivity contribution in [3.8, 4) is 0 Å². The van der Waals surface area contributed by atoms with Crippen LogP contribution in [0, 0.1) is 0 Å². The Hall–Kier alpha value is -1.18. The summed E-state index contributed by atoms with van der Waals surface area (Å²) in [7, 11) is 0. The quantitative estimate of drug-likeness (QED) is 0.839. The van der Waals surface area contributed by atoms with E-state index < -0.39 is 0 Å². The van der Waals surface area contributed by atoms with Gasteiger partial charge in [0.25, 0.3) is 0 Å². The zero-order valence-corrected chi connectivity index (χ0v) is 10.9. The third-order valence-corrected chi connectivity index (χ3v) is 3.01. The normalized spacial score (nSPS) is 15.9. The Morgan fingerprint density at radius 2 is 1.82 bits per heavy atom. The van der Waals surface area contributed by atoms with E-state index in [1.165, 1.54) is 16.8 Å². The fourth-order valence-electron chi connectivity index (χ4n) is 2.23. The van der Waals surface area contributed by atoms with E-state index in [1.807, 2.05) is 6.20 Å². The molecular formula is C14H15Cl2N. The highest BCUT2D eigenvalue weighted by Gasteiger charge is 2.16. The van der Waals surface area contributed by atoms with Gasteiger partial charge in [-0.25, -0.2) is 0 Å². The highest BCUT2D eigenvalue weighted by Crippen LogP contribution is 2.31. The summed E-state index contributed by atoms with van der Waals surface area (Å²) in [5.41, 5.74) is 4.13. The average Bonchev–Trinajstić information content (AvgIpc) is 2.89. The lowest BCUT2D eigenvalue weighted by atomic mass is 9.96. The van der Waals surface area contributed by atoms with Gasteiger partial charge in [-0.05, 0) is 29.7 Å². The maximum absolute atomic E-state index is 3.26. The van der Waals surface area contributed by atoms with Gasteiger partial charge in [0.2, 0.25) is 0 Å². The summed E-state index contributed by atoms with van der Waals surface area (Å²) >= 11 is 0. The van der Waals surface area contributed by atoms with Gasteiger partial charge in [0.05, 0.1) is 0 Å². The average molecular weight is 268 g/mol. The highest BCUT2D eigenvalue weighted by atomic mass is 35.5. The standard InChI is InChI=1S/C14H13N.2ClH/c1-2-6-14-11(4-1)7-8-12(14)10-13-5-3-9-15-13;;/h1-9,12,15H,10H2;2*1H. The van der Waals surface area contributed by atoms with E-state index in [1.54, 1.807) is 0 Å². The molecule has 0 bridgehead atoms. The lowest BCUT2D eigenvalue weighted by Crippen LogP contribution is -1.98. The van der Waals surface area contributed by atoms with Crippen molar-refractivity contribution < 1.29 is 0 Å². The van der Waals surface area contributed by atoms with E-state index >= 15 is 0 Å². The number of nitrogens with one attached hydrogen (secondary N) is 1. The Bertz CT molecular complexity index is 489. The molecule has 0 saturated heterocycles. The van der Waals surface area contributed by atoms with Crippen molar-refractivity contribution in [2.24, 2.45) is 0 Å². The molecule has 1 N–H and O–H groups in total. The molecule has 3 rings (SSSR count). The van der Waals surface area contributed by atoms with Crippen LogP contribution in [0.1, 0.15) is 22.7 Å². The van der Waals surface area contributed by atoms with Crippen LogP contribution in [-0.4, -0.2) is 4.98 Å². The van der Waals surface area contributed by atoms with Crippen molar-refractivity contribution in [3.63, 3.8) is 0 Å². The number of hydrogen-bond donors (Lipinski definition) is 1. The zero-order chi connectivity index (χ0) is 10.1. The number of hydrogen-bond acceptors (Lipinski definition) is 0. The van der Waals surface area contributed by atoms with Gasteiger partial charge in [-0.1, -0.05) is 36.4 Å². The summed E-state index contributed by atoms with van der Waals surface area (Å²) < 4.78 is 0. The number of aromatic nitrogens is 1. The summed E-state index contributed by atoms with van der Waals surface area (Å²) in [6, 6.07) is 12.8. The first-order chi connectivity index (χ1) is 7.43. The molecule has 1 aliphatic rings. The minimum Gasteiger partial charge on any atom is -0.365 e. The molecule has 1 aromatic carbocycles. The van der Waals surface area contributed by atoms with Crippen LogP contribution < -0.4 is 0 Å². The molecule has 0 radical (unpaired) electrons. The van der Waals surface area contributed by atoms with E-state index in [0.717, 1.165) is 6.42 Å². The zero-order valence-electron chi connectivity index (χ0n) is 9.30. The second-order valence-corrected chi connectivity index (χ2v) is 3.99. The Morgan fingerprint density at radius 3 is 2.59 bits per heavy atom. The number of allylic oxidation sites excluding steroid dienone is 1. The summed E-state index contributed by atoms with van der Waals surface area (Å²) in [6.45, 7) is 0. The third kappa shape index (κ3) is 2.74. The van der Waals surface area contributed by atoms with Crippen molar-refractivity contribution >= 4 is 30.9 Å². The number of halogens is 2. The van der Waals surface area contributed by atoms with Crippen LogP contribution in [0.3, 0.4) is 0 Å². The highest BCUT2D eigenvalue weighted by molar-refractivity contribution is 5.85. The molecular weight excluding hydrogens is 253 g/mol. The van der Waals surface area contributed by atoms with Crippen molar-refractivity contribution in [1.29, 1.82) is 0 Å². The maximum atomic E-state index is 3.26. The second-order valence-electron chi connectivity index (χ2n) is 3.99. The first-order valence-corrected chi connectivity index (χ1v) is 5.33. The van der Waals surface area contributed by atoms with Crippen molar-refractivity contribution in [2.75, 3.05) is 0 Å². The molecule has 3 heteroatoms. The molecule has 17 heavy (non-hydrogen) atoms. The number of H-pyrrole nitrogens is 1. The number of rotatable bonds is 2. The number of benzene rings is 1. The van der Waals surface area contributed by atoms with Gasteiger partial charge < -0.3 is 4.98 Å². The fourth-order valence-corrected chi connectivity index (χ4v) is 2.23. The van der Waals surface area contributed by atoms with Crippen LogP contribution in [0.4, 0.5) is 0 Å². The molecule has 0 amide bonds. The number of fused-ring (bicyclic) bond motifs is 1. The van der Waals surface area contributed by atoms with Gasteiger partial charge in [0, 0.05) is 17.8 Å². The molecule has 1 aromatic heterocycles. The molecule has 0 fully saturated rings. The van der Waals surface area contributed by atoms with E-state index in [2.05, 4.69) is 53.5 Å². The molecule has 1 atom stereocenters. The van der Waals surface area contributed by atoms with Crippen LogP contribution in [0.5, 0.6) is 0 Å². The number of aromatic amines is 1. The van der Waals surface area contributed by atoms with Crippen LogP contribution >= 0.6 is 24.8 Å². The topological polar surface area (TPSA) is 15.8 Å². The van der Waals surface area contributed by atoms with Crippen LogP contribution in [-0.2, 0) is 6.42 Å². The fraction of sp³-hybridized carbons (Fsp3) is 0.143. The van der Waals surface area contributed by atoms with Gasteiger partial charge in [0.1, 0.15) is 0 Å². The Morgan fingerprint density at radius 1 is 1.00 bits per heavy atom. The molecule has 1 nitrogen and oxygen atoms in total. The molecule has 2 aromatic rings. The van der Waals surface area contributed by atoms with Gasteiger partial charge in [-0.2, -0.15) is 0 Å². The summed E-state index contributed by atoms with van der Waals surface area (Å²) in [5, 5.41) is 0. The molecule has 0 spiro atoms. The second kappa shape index (κ2) is 5.95. The van der Waals surface area contributed by atoms with Gasteiger partial charge in [-0.15, -0.1) is 24.8 Å². The van der Waals surface area contributed by atoms with E-state index in [4.69, 9.17) is 0 Å². The van der Waals surface area contributed by atoms with Crippen molar-refractivity contribution in [3.05, 3.63) is 65.5 Å². The molecule has 0 aliphatic heterocycles. The van der Waals surface area contributed by atoms with Gasteiger partial charge in [-0.3, -0.25) is 0 Å². The molecule has 1 unspecified atom stereocenters. The van der Waals surface area contributed by atoms with Gasteiger partial charge in [0.15, 0.2) is 0 Å². The van der Waals surface area contributed by atoms with Crippen LogP contribution in [0.25, 0.3) is 6.08 Å². The lowest BCUT2D eigenvalue weighted by Gasteiger charge is -2.09. The Balaban J connectivity index is 0.000000722. The molecule has 1 heterocycles. The Labute approximate surface area is 114 Å². The maximum Gasteiger partial charge on any atom is 0.0156 e. The van der Waals surface area contributed by atoms with Crippen molar-refractivity contribution in [2.45, 2.75) is 12.3 Å². The predicted molar refractivity (Wildman–Crippen MR) is 77.2 cm³/mol. The monoisotopic (exact) mass is 267 g/mol.